The van der Waals surface area contributed by atoms with E-state index in [1.807, 2.05) is 19.0 Å². The first-order valence-corrected chi connectivity index (χ1v) is 10.6. The number of hydrogen-bond donors (Lipinski definition) is 2. The molecule has 9 heteroatoms. The van der Waals surface area contributed by atoms with E-state index in [1.54, 1.807) is 60.7 Å². The number of carboxylic acids is 1. The lowest BCUT2D eigenvalue weighted by Crippen LogP contribution is -2.48. The van der Waals surface area contributed by atoms with E-state index >= 15 is 0 Å². The fraction of sp³-hybridized carbons (Fsp3) is 0.154. The van der Waals surface area contributed by atoms with Gasteiger partial charge in [0.1, 0.15) is 0 Å². The van der Waals surface area contributed by atoms with Crippen molar-refractivity contribution in [3.8, 4) is 0 Å². The Bertz CT molecular complexity index is 1180. The summed E-state index contributed by atoms with van der Waals surface area (Å²) in [6, 6.07) is 22.1. The molecule has 0 aliphatic rings. The average molecular weight is 476 g/mol. The number of nitrogens with zero attached hydrogens (tertiary/aromatic N) is 1. The Morgan fingerprint density at radius 1 is 0.714 bits per heavy atom. The molecule has 0 heterocycles. The highest BCUT2D eigenvalue weighted by atomic mass is 16.6. The number of amides is 1. The average Bonchev–Trinajstić information content (AvgIpc) is 2.87. The number of carbonyl (C=O) groups excluding carboxylic acids is 3. The first-order chi connectivity index (χ1) is 16.8. The number of ether oxygens (including phenoxy) is 2. The molecule has 35 heavy (non-hydrogen) atoms. The number of aliphatic carboxylic acids is 1. The molecule has 9 nitrogen and oxygen atoms in total. The number of benzene rings is 3. The number of anilines is 2. The molecule has 0 bridgehead atoms. The van der Waals surface area contributed by atoms with Crippen LogP contribution in [0.25, 0.3) is 0 Å². The van der Waals surface area contributed by atoms with Crippen molar-refractivity contribution >= 4 is 35.2 Å². The maximum atomic E-state index is 13.1. The summed E-state index contributed by atoms with van der Waals surface area (Å²) in [6.45, 7) is 0. The number of carboxylic acid groups (broad SMARTS) is 1. The van der Waals surface area contributed by atoms with E-state index in [-0.39, 0.29) is 11.1 Å². The summed E-state index contributed by atoms with van der Waals surface area (Å²) in [5.74, 6) is -4.56. The SMILES string of the molecule is CN(C)c1ccc(NC(=O)[C@H](OC(=O)c2ccccc2)[C@H](OC(=O)c2ccccc2)C(=O)O)cc1. The minimum absolute atomic E-state index is 0.0755. The first kappa shape index (κ1) is 25.0. The second-order valence-electron chi connectivity index (χ2n) is 7.65. The van der Waals surface area contributed by atoms with Crippen molar-refractivity contribution < 1.29 is 33.8 Å². The fourth-order valence-electron chi connectivity index (χ4n) is 3.07. The number of hydrogen-bond acceptors (Lipinski definition) is 7. The molecular weight excluding hydrogens is 452 g/mol. The third kappa shape index (κ3) is 6.67. The maximum Gasteiger partial charge on any atom is 0.349 e. The van der Waals surface area contributed by atoms with Crippen molar-refractivity contribution in [3.05, 3.63) is 96.1 Å². The van der Waals surface area contributed by atoms with Gasteiger partial charge in [0.05, 0.1) is 11.1 Å². The number of rotatable bonds is 9. The molecule has 0 fully saturated rings. The van der Waals surface area contributed by atoms with Crippen molar-refractivity contribution in [2.24, 2.45) is 0 Å². The molecule has 0 aromatic heterocycles. The Morgan fingerprint density at radius 2 is 1.17 bits per heavy atom. The van der Waals surface area contributed by atoms with Crippen molar-refractivity contribution in [1.29, 1.82) is 0 Å². The van der Waals surface area contributed by atoms with Gasteiger partial charge in [-0.2, -0.15) is 0 Å². The summed E-state index contributed by atoms with van der Waals surface area (Å²) < 4.78 is 10.4. The van der Waals surface area contributed by atoms with Crippen LogP contribution in [0.5, 0.6) is 0 Å². The molecule has 0 radical (unpaired) electrons. The summed E-state index contributed by atoms with van der Waals surface area (Å²) in [7, 11) is 3.70. The third-order valence-corrected chi connectivity index (χ3v) is 4.92. The highest BCUT2D eigenvalue weighted by Crippen LogP contribution is 2.18. The van der Waals surface area contributed by atoms with E-state index in [2.05, 4.69) is 5.32 Å². The summed E-state index contributed by atoms with van der Waals surface area (Å²) in [4.78, 5) is 52.2. The van der Waals surface area contributed by atoms with Crippen LogP contribution in [0, 0.1) is 0 Å². The van der Waals surface area contributed by atoms with Crippen LogP contribution in [0.3, 0.4) is 0 Å². The quantitative estimate of drug-likeness (QED) is 0.452. The zero-order valence-electron chi connectivity index (χ0n) is 19.1. The van der Waals surface area contributed by atoms with Gasteiger partial charge in [-0.05, 0) is 48.5 Å². The predicted molar refractivity (Wildman–Crippen MR) is 128 cm³/mol. The van der Waals surface area contributed by atoms with E-state index in [9.17, 15) is 24.3 Å². The van der Waals surface area contributed by atoms with E-state index in [4.69, 9.17) is 9.47 Å². The van der Waals surface area contributed by atoms with Crippen molar-refractivity contribution in [3.63, 3.8) is 0 Å². The van der Waals surface area contributed by atoms with E-state index in [0.717, 1.165) is 5.69 Å². The highest BCUT2D eigenvalue weighted by Gasteiger charge is 2.41. The molecule has 3 aromatic rings. The Labute approximate surface area is 201 Å². The monoisotopic (exact) mass is 476 g/mol. The van der Waals surface area contributed by atoms with Gasteiger partial charge in [-0.3, -0.25) is 4.79 Å². The van der Waals surface area contributed by atoms with Gasteiger partial charge in [-0.1, -0.05) is 36.4 Å². The predicted octanol–water partition coefficient (Wildman–Crippen LogP) is 3.23. The van der Waals surface area contributed by atoms with Crippen LogP contribution in [0.4, 0.5) is 11.4 Å². The Kier molecular flexibility index (Phi) is 8.18. The zero-order valence-corrected chi connectivity index (χ0v) is 19.1. The normalized spacial score (nSPS) is 12.1. The Morgan fingerprint density at radius 3 is 1.60 bits per heavy atom. The molecule has 1 amide bonds. The molecule has 180 valence electrons. The van der Waals surface area contributed by atoms with Crippen LogP contribution in [0.15, 0.2) is 84.9 Å². The fourth-order valence-corrected chi connectivity index (χ4v) is 3.07. The van der Waals surface area contributed by atoms with Gasteiger partial charge < -0.3 is 24.8 Å². The molecule has 3 aromatic carbocycles. The highest BCUT2D eigenvalue weighted by molar-refractivity contribution is 6.01. The number of nitrogens with one attached hydrogen (secondary N) is 1. The molecular formula is C26H24N2O7. The minimum atomic E-state index is -2.10. The lowest BCUT2D eigenvalue weighted by molar-refractivity contribution is -0.157. The zero-order chi connectivity index (χ0) is 25.4. The first-order valence-electron chi connectivity index (χ1n) is 10.6. The lowest BCUT2D eigenvalue weighted by atomic mass is 10.1. The van der Waals surface area contributed by atoms with Crippen LogP contribution in [0.2, 0.25) is 0 Å². The Hall–Kier alpha value is -4.66. The van der Waals surface area contributed by atoms with Gasteiger partial charge in [0, 0.05) is 25.5 Å². The second-order valence-corrected chi connectivity index (χ2v) is 7.65. The second kappa shape index (κ2) is 11.5. The molecule has 0 saturated heterocycles. The van der Waals surface area contributed by atoms with Crippen molar-refractivity contribution in [1.82, 2.24) is 0 Å². The molecule has 0 spiro atoms. The number of esters is 2. The molecule has 2 N–H and O–H groups in total. The summed E-state index contributed by atoms with van der Waals surface area (Å²) in [6.07, 6.45) is -4.07. The summed E-state index contributed by atoms with van der Waals surface area (Å²) >= 11 is 0. The summed E-state index contributed by atoms with van der Waals surface area (Å²) in [5, 5.41) is 12.3. The number of carbonyl (C=O) groups is 4. The van der Waals surface area contributed by atoms with Gasteiger partial charge in [-0.25, -0.2) is 14.4 Å². The van der Waals surface area contributed by atoms with Gasteiger partial charge >= 0.3 is 17.9 Å². The van der Waals surface area contributed by atoms with E-state index in [0.29, 0.717) is 5.69 Å². The van der Waals surface area contributed by atoms with E-state index < -0.39 is 36.0 Å². The van der Waals surface area contributed by atoms with Gasteiger partial charge in [0.25, 0.3) is 5.91 Å². The van der Waals surface area contributed by atoms with Crippen LogP contribution in [-0.4, -0.2) is 55.2 Å². The maximum absolute atomic E-state index is 13.1. The van der Waals surface area contributed by atoms with Crippen LogP contribution in [0.1, 0.15) is 20.7 Å². The van der Waals surface area contributed by atoms with Crippen LogP contribution in [-0.2, 0) is 19.1 Å². The molecule has 0 aliphatic carbocycles. The van der Waals surface area contributed by atoms with Gasteiger partial charge in [-0.15, -0.1) is 0 Å². The minimum Gasteiger partial charge on any atom is -0.478 e. The van der Waals surface area contributed by atoms with Crippen molar-refractivity contribution in [2.75, 3.05) is 24.3 Å². The molecule has 2 atom stereocenters. The summed E-state index contributed by atoms with van der Waals surface area (Å²) in [5.41, 5.74) is 1.38. The Balaban J connectivity index is 1.88. The lowest BCUT2D eigenvalue weighted by Gasteiger charge is -2.23. The van der Waals surface area contributed by atoms with Gasteiger partial charge in [0.2, 0.25) is 12.2 Å². The smallest absolute Gasteiger partial charge is 0.349 e. The van der Waals surface area contributed by atoms with Gasteiger partial charge in [0.15, 0.2) is 0 Å². The van der Waals surface area contributed by atoms with Crippen molar-refractivity contribution in [2.45, 2.75) is 12.2 Å². The van der Waals surface area contributed by atoms with Crippen LogP contribution < -0.4 is 10.2 Å². The van der Waals surface area contributed by atoms with Crippen LogP contribution >= 0.6 is 0 Å². The topological polar surface area (TPSA) is 122 Å². The molecule has 0 aliphatic heterocycles. The largest absolute Gasteiger partial charge is 0.478 e. The third-order valence-electron chi connectivity index (χ3n) is 4.92. The van der Waals surface area contributed by atoms with E-state index in [1.165, 1.54) is 24.3 Å². The standard InChI is InChI=1S/C26H24N2O7/c1-28(2)20-15-13-19(14-16-20)27-23(29)21(34-25(32)17-9-5-3-6-10-17)22(24(30)31)35-26(33)18-11-7-4-8-12-18/h3-16,21-22H,1-2H3,(H,27,29)(H,30,31)/t21-,22+/m1/s1. The molecule has 3 rings (SSSR count). The molecule has 0 unspecified atom stereocenters. The molecule has 0 saturated carbocycles.